The summed E-state index contributed by atoms with van der Waals surface area (Å²) in [4.78, 5) is 0. The fourth-order valence-electron chi connectivity index (χ4n) is 1.99. The van der Waals surface area contributed by atoms with Gasteiger partial charge in [0.2, 0.25) is 0 Å². The van der Waals surface area contributed by atoms with Gasteiger partial charge in [-0.05, 0) is 37.1 Å². The van der Waals surface area contributed by atoms with Gasteiger partial charge in [0, 0.05) is 12.0 Å². The van der Waals surface area contributed by atoms with E-state index in [0.717, 1.165) is 18.7 Å². The first-order chi connectivity index (χ1) is 9.00. The van der Waals surface area contributed by atoms with Crippen LogP contribution in [0.25, 0.3) is 0 Å². The summed E-state index contributed by atoms with van der Waals surface area (Å²) >= 11 is 0. The molecule has 0 fully saturated rings. The van der Waals surface area contributed by atoms with Gasteiger partial charge in [0.15, 0.2) is 0 Å². The SMILES string of the molecule is CCNC(C)(CO)CCOc1ccc(C(C)C)cc1. The lowest BCUT2D eigenvalue weighted by molar-refractivity contribution is 0.146. The standard InChI is InChI=1S/C16H27NO2/c1-5-17-16(4,12-18)10-11-19-15-8-6-14(7-9-15)13(2)3/h6-9,13,17-18H,5,10-12H2,1-4H3. The lowest BCUT2D eigenvalue weighted by atomic mass is 10.00. The molecule has 0 aliphatic heterocycles. The Morgan fingerprint density at radius 1 is 1.26 bits per heavy atom. The van der Waals surface area contributed by atoms with E-state index in [0.29, 0.717) is 12.5 Å². The van der Waals surface area contributed by atoms with Gasteiger partial charge in [0.25, 0.3) is 0 Å². The number of nitrogens with one attached hydrogen (secondary N) is 1. The zero-order valence-electron chi connectivity index (χ0n) is 12.6. The second-order valence-electron chi connectivity index (χ2n) is 5.57. The number of hydrogen-bond acceptors (Lipinski definition) is 3. The van der Waals surface area contributed by atoms with Crippen molar-refractivity contribution in [3.63, 3.8) is 0 Å². The van der Waals surface area contributed by atoms with E-state index in [4.69, 9.17) is 4.74 Å². The third-order valence-electron chi connectivity index (χ3n) is 3.42. The second-order valence-corrected chi connectivity index (χ2v) is 5.57. The lowest BCUT2D eigenvalue weighted by Crippen LogP contribution is -2.46. The van der Waals surface area contributed by atoms with E-state index < -0.39 is 0 Å². The predicted molar refractivity (Wildman–Crippen MR) is 79.8 cm³/mol. The molecule has 0 amide bonds. The Morgan fingerprint density at radius 3 is 2.37 bits per heavy atom. The number of benzene rings is 1. The molecule has 0 saturated heterocycles. The van der Waals surface area contributed by atoms with Crippen molar-refractivity contribution in [1.82, 2.24) is 5.32 Å². The van der Waals surface area contributed by atoms with Crippen molar-refractivity contribution in [3.8, 4) is 5.75 Å². The third-order valence-corrected chi connectivity index (χ3v) is 3.42. The van der Waals surface area contributed by atoms with E-state index in [1.807, 2.05) is 26.0 Å². The van der Waals surface area contributed by atoms with Crippen molar-refractivity contribution >= 4 is 0 Å². The fraction of sp³-hybridized carbons (Fsp3) is 0.625. The van der Waals surface area contributed by atoms with Gasteiger partial charge < -0.3 is 15.2 Å². The minimum absolute atomic E-state index is 0.122. The maximum absolute atomic E-state index is 9.39. The topological polar surface area (TPSA) is 41.5 Å². The summed E-state index contributed by atoms with van der Waals surface area (Å²) in [5.41, 5.74) is 1.06. The monoisotopic (exact) mass is 265 g/mol. The molecular weight excluding hydrogens is 238 g/mol. The Balaban J connectivity index is 2.44. The number of aliphatic hydroxyl groups excluding tert-OH is 1. The predicted octanol–water partition coefficient (Wildman–Crippen LogP) is 2.94. The summed E-state index contributed by atoms with van der Waals surface area (Å²) in [5.74, 6) is 1.43. The zero-order chi connectivity index (χ0) is 14.3. The van der Waals surface area contributed by atoms with E-state index in [1.54, 1.807) is 0 Å². The first-order valence-corrected chi connectivity index (χ1v) is 7.09. The van der Waals surface area contributed by atoms with Gasteiger partial charge in [-0.1, -0.05) is 32.9 Å². The van der Waals surface area contributed by atoms with Crippen LogP contribution in [-0.2, 0) is 0 Å². The van der Waals surface area contributed by atoms with Crippen molar-refractivity contribution in [2.45, 2.75) is 45.6 Å². The molecule has 3 heteroatoms. The summed E-state index contributed by atoms with van der Waals surface area (Å²) in [7, 11) is 0. The summed E-state index contributed by atoms with van der Waals surface area (Å²) in [6, 6.07) is 8.24. The van der Waals surface area contributed by atoms with Crippen LogP contribution >= 0.6 is 0 Å². The van der Waals surface area contributed by atoms with Crippen molar-refractivity contribution in [2.75, 3.05) is 19.8 Å². The van der Waals surface area contributed by atoms with Crippen LogP contribution in [0, 0.1) is 0 Å². The minimum atomic E-state index is -0.257. The molecule has 0 aliphatic carbocycles. The molecule has 1 aromatic rings. The Kier molecular flexibility index (Phi) is 6.32. The molecule has 1 aromatic carbocycles. The minimum Gasteiger partial charge on any atom is -0.494 e. The van der Waals surface area contributed by atoms with Gasteiger partial charge in [0.1, 0.15) is 5.75 Å². The van der Waals surface area contributed by atoms with Crippen molar-refractivity contribution in [1.29, 1.82) is 0 Å². The van der Waals surface area contributed by atoms with Crippen LogP contribution in [0.5, 0.6) is 5.75 Å². The number of hydrogen-bond donors (Lipinski definition) is 2. The van der Waals surface area contributed by atoms with Gasteiger partial charge in [0.05, 0.1) is 13.2 Å². The van der Waals surface area contributed by atoms with Crippen LogP contribution in [-0.4, -0.2) is 30.4 Å². The van der Waals surface area contributed by atoms with E-state index >= 15 is 0 Å². The Bertz CT molecular complexity index is 362. The van der Waals surface area contributed by atoms with Crippen LogP contribution in [0.2, 0.25) is 0 Å². The van der Waals surface area contributed by atoms with E-state index in [-0.39, 0.29) is 12.1 Å². The molecule has 19 heavy (non-hydrogen) atoms. The van der Waals surface area contributed by atoms with Crippen LogP contribution < -0.4 is 10.1 Å². The number of rotatable bonds is 8. The quantitative estimate of drug-likeness (QED) is 0.759. The van der Waals surface area contributed by atoms with Gasteiger partial charge >= 0.3 is 0 Å². The fourth-order valence-corrected chi connectivity index (χ4v) is 1.99. The molecule has 0 heterocycles. The smallest absolute Gasteiger partial charge is 0.119 e. The highest BCUT2D eigenvalue weighted by Crippen LogP contribution is 2.19. The average Bonchev–Trinajstić information content (AvgIpc) is 2.39. The molecule has 3 nitrogen and oxygen atoms in total. The lowest BCUT2D eigenvalue weighted by Gasteiger charge is -2.28. The molecule has 1 rings (SSSR count). The van der Waals surface area contributed by atoms with Gasteiger partial charge in [-0.2, -0.15) is 0 Å². The summed E-state index contributed by atoms with van der Waals surface area (Å²) < 4.78 is 5.73. The normalized spacial score (nSPS) is 14.4. The van der Waals surface area contributed by atoms with E-state index in [1.165, 1.54) is 5.56 Å². The van der Waals surface area contributed by atoms with Crippen LogP contribution in [0.4, 0.5) is 0 Å². The summed E-state index contributed by atoms with van der Waals surface area (Å²) in [6.45, 7) is 9.99. The highest BCUT2D eigenvalue weighted by molar-refractivity contribution is 5.28. The third kappa shape index (κ3) is 5.21. The highest BCUT2D eigenvalue weighted by atomic mass is 16.5. The molecule has 0 aromatic heterocycles. The molecule has 2 N–H and O–H groups in total. The molecule has 108 valence electrons. The molecule has 0 radical (unpaired) electrons. The maximum atomic E-state index is 9.39. The van der Waals surface area contributed by atoms with Gasteiger partial charge in [-0.15, -0.1) is 0 Å². The van der Waals surface area contributed by atoms with Crippen molar-refractivity contribution < 1.29 is 9.84 Å². The molecule has 0 bridgehead atoms. The van der Waals surface area contributed by atoms with E-state index in [9.17, 15) is 5.11 Å². The molecule has 0 saturated carbocycles. The number of likely N-dealkylation sites (N-methyl/N-ethyl adjacent to an activating group) is 1. The Morgan fingerprint density at radius 2 is 1.89 bits per heavy atom. The van der Waals surface area contributed by atoms with Crippen LogP contribution in [0.3, 0.4) is 0 Å². The van der Waals surface area contributed by atoms with Crippen LogP contribution in [0.15, 0.2) is 24.3 Å². The number of aliphatic hydroxyl groups is 1. The Labute approximate surface area is 117 Å². The van der Waals surface area contributed by atoms with Gasteiger partial charge in [-0.25, -0.2) is 0 Å². The Hall–Kier alpha value is -1.06. The van der Waals surface area contributed by atoms with Crippen molar-refractivity contribution in [3.05, 3.63) is 29.8 Å². The molecule has 0 spiro atoms. The molecule has 1 unspecified atom stereocenters. The molecule has 0 aliphatic rings. The van der Waals surface area contributed by atoms with Gasteiger partial charge in [-0.3, -0.25) is 0 Å². The first kappa shape index (κ1) is 16.0. The van der Waals surface area contributed by atoms with E-state index in [2.05, 4.69) is 31.3 Å². The maximum Gasteiger partial charge on any atom is 0.119 e. The zero-order valence-corrected chi connectivity index (χ0v) is 12.6. The van der Waals surface area contributed by atoms with Crippen LogP contribution in [0.1, 0.15) is 45.6 Å². The molecule has 1 atom stereocenters. The largest absolute Gasteiger partial charge is 0.494 e. The van der Waals surface area contributed by atoms with Crippen molar-refractivity contribution in [2.24, 2.45) is 0 Å². The summed E-state index contributed by atoms with van der Waals surface area (Å²) in [5, 5.41) is 12.7. The first-order valence-electron chi connectivity index (χ1n) is 7.09. The average molecular weight is 265 g/mol. The second kappa shape index (κ2) is 7.51. The molecular formula is C16H27NO2. The highest BCUT2D eigenvalue weighted by Gasteiger charge is 2.21. The summed E-state index contributed by atoms with van der Waals surface area (Å²) in [6.07, 6.45) is 0.781. The number of ether oxygens (including phenoxy) is 1.